The van der Waals surface area contributed by atoms with Gasteiger partial charge in [-0.05, 0) is 38.6 Å². The highest BCUT2D eigenvalue weighted by molar-refractivity contribution is 5.64. The number of benzene rings is 1. The van der Waals surface area contributed by atoms with Crippen molar-refractivity contribution >= 4 is 0 Å². The van der Waals surface area contributed by atoms with Crippen LogP contribution in [0.5, 0.6) is 5.75 Å². The van der Waals surface area contributed by atoms with Crippen LogP contribution in [0.1, 0.15) is 18.4 Å². The molecule has 0 radical (unpaired) electrons. The summed E-state index contributed by atoms with van der Waals surface area (Å²) in [7, 11) is 3.89. The molecular weight excluding hydrogens is 276 g/mol. The molecule has 1 atom stereocenters. The number of aromatic amines is 1. The Balaban J connectivity index is 1.64. The van der Waals surface area contributed by atoms with E-state index in [1.165, 1.54) is 24.9 Å². The molecule has 1 saturated heterocycles. The maximum atomic E-state index is 5.30. The number of likely N-dealkylation sites (tertiary alicyclic amines) is 1. The molecule has 2 aromatic rings. The van der Waals surface area contributed by atoms with E-state index in [0.717, 1.165) is 30.1 Å². The fourth-order valence-corrected chi connectivity index (χ4v) is 3.08. The molecule has 2 heterocycles. The Morgan fingerprint density at radius 3 is 3.14 bits per heavy atom. The summed E-state index contributed by atoms with van der Waals surface area (Å²) >= 11 is 0. The predicted octanol–water partition coefficient (Wildman–Crippen LogP) is 2.27. The Morgan fingerprint density at radius 1 is 1.45 bits per heavy atom. The zero-order valence-corrected chi connectivity index (χ0v) is 13.3. The number of H-pyrrole nitrogens is 1. The summed E-state index contributed by atoms with van der Waals surface area (Å²) in [4.78, 5) is 2.44. The van der Waals surface area contributed by atoms with Gasteiger partial charge in [0, 0.05) is 30.3 Å². The molecule has 3 rings (SSSR count). The molecule has 0 spiro atoms. The summed E-state index contributed by atoms with van der Waals surface area (Å²) in [5.41, 5.74) is 3.35. The largest absolute Gasteiger partial charge is 0.497 e. The van der Waals surface area contributed by atoms with E-state index in [9.17, 15) is 0 Å². The third kappa shape index (κ3) is 3.31. The second-order valence-corrected chi connectivity index (χ2v) is 5.91. The van der Waals surface area contributed by atoms with Crippen molar-refractivity contribution in [1.82, 2.24) is 20.4 Å². The Labute approximate surface area is 131 Å². The van der Waals surface area contributed by atoms with E-state index in [2.05, 4.69) is 33.5 Å². The van der Waals surface area contributed by atoms with Crippen LogP contribution in [0.15, 0.2) is 30.5 Å². The van der Waals surface area contributed by atoms with Gasteiger partial charge in [0.25, 0.3) is 0 Å². The highest BCUT2D eigenvalue weighted by Crippen LogP contribution is 2.25. The summed E-state index contributed by atoms with van der Waals surface area (Å²) in [6.45, 7) is 3.07. The molecule has 5 heteroatoms. The molecule has 0 amide bonds. The standard InChI is InChI=1S/C17H24N4O/c1-21-8-4-6-15(21)12-18-10-14-11-19-20-17(14)13-5-3-7-16(9-13)22-2/h3,5,7,9,11,15,18H,4,6,8,10,12H2,1-2H3,(H,19,20)/t15-/m0/s1. The second-order valence-electron chi connectivity index (χ2n) is 5.91. The third-order valence-corrected chi connectivity index (χ3v) is 4.44. The van der Waals surface area contributed by atoms with E-state index in [0.29, 0.717) is 6.04 Å². The highest BCUT2D eigenvalue weighted by atomic mass is 16.5. The van der Waals surface area contributed by atoms with Gasteiger partial charge in [-0.1, -0.05) is 12.1 Å². The zero-order chi connectivity index (χ0) is 15.4. The Hall–Kier alpha value is -1.85. The third-order valence-electron chi connectivity index (χ3n) is 4.44. The molecule has 118 valence electrons. The lowest BCUT2D eigenvalue weighted by atomic mass is 10.1. The minimum absolute atomic E-state index is 0.659. The van der Waals surface area contributed by atoms with Gasteiger partial charge >= 0.3 is 0 Å². The minimum atomic E-state index is 0.659. The number of methoxy groups -OCH3 is 1. The number of nitrogens with one attached hydrogen (secondary N) is 2. The number of ether oxygens (including phenoxy) is 1. The fraction of sp³-hybridized carbons (Fsp3) is 0.471. The first kappa shape index (κ1) is 15.1. The lowest BCUT2D eigenvalue weighted by Gasteiger charge is -2.19. The fourth-order valence-electron chi connectivity index (χ4n) is 3.08. The summed E-state index contributed by atoms with van der Waals surface area (Å²) in [5.74, 6) is 0.860. The van der Waals surface area contributed by atoms with E-state index in [-0.39, 0.29) is 0 Å². The first-order chi connectivity index (χ1) is 10.8. The highest BCUT2D eigenvalue weighted by Gasteiger charge is 2.20. The van der Waals surface area contributed by atoms with Crippen LogP contribution >= 0.6 is 0 Å². The van der Waals surface area contributed by atoms with Crippen molar-refractivity contribution < 1.29 is 4.74 Å². The zero-order valence-electron chi connectivity index (χ0n) is 13.3. The lowest BCUT2D eigenvalue weighted by molar-refractivity contribution is 0.300. The molecule has 1 aliphatic rings. The van der Waals surface area contributed by atoms with Gasteiger partial charge in [0.15, 0.2) is 0 Å². The van der Waals surface area contributed by atoms with E-state index in [1.54, 1.807) is 7.11 Å². The summed E-state index contributed by atoms with van der Waals surface area (Å²) < 4.78 is 5.30. The topological polar surface area (TPSA) is 53.2 Å². The van der Waals surface area contributed by atoms with Crippen molar-refractivity contribution in [1.29, 1.82) is 0 Å². The van der Waals surface area contributed by atoms with Crippen molar-refractivity contribution in [2.24, 2.45) is 0 Å². The number of hydrogen-bond donors (Lipinski definition) is 2. The van der Waals surface area contributed by atoms with Crippen molar-refractivity contribution in [3.63, 3.8) is 0 Å². The monoisotopic (exact) mass is 300 g/mol. The average Bonchev–Trinajstić information content (AvgIpc) is 3.17. The van der Waals surface area contributed by atoms with Gasteiger partial charge in [0.1, 0.15) is 5.75 Å². The predicted molar refractivity (Wildman–Crippen MR) is 87.9 cm³/mol. The Morgan fingerprint density at radius 2 is 2.36 bits per heavy atom. The van der Waals surface area contributed by atoms with Crippen LogP contribution in [-0.4, -0.2) is 48.4 Å². The van der Waals surface area contributed by atoms with Crippen LogP contribution < -0.4 is 10.1 Å². The molecule has 5 nitrogen and oxygen atoms in total. The van der Waals surface area contributed by atoms with Gasteiger partial charge < -0.3 is 15.0 Å². The van der Waals surface area contributed by atoms with Crippen LogP contribution in [0, 0.1) is 0 Å². The number of hydrogen-bond acceptors (Lipinski definition) is 4. The number of rotatable bonds is 6. The number of nitrogens with zero attached hydrogens (tertiary/aromatic N) is 2. The minimum Gasteiger partial charge on any atom is -0.497 e. The Bertz CT molecular complexity index is 610. The van der Waals surface area contributed by atoms with Gasteiger partial charge in [-0.15, -0.1) is 0 Å². The quantitative estimate of drug-likeness (QED) is 0.859. The second kappa shape index (κ2) is 6.94. The summed E-state index contributed by atoms with van der Waals surface area (Å²) in [6.07, 6.45) is 4.50. The van der Waals surface area contributed by atoms with Crippen LogP contribution in [0.4, 0.5) is 0 Å². The molecule has 1 aromatic carbocycles. The van der Waals surface area contributed by atoms with Crippen molar-refractivity contribution in [3.05, 3.63) is 36.0 Å². The summed E-state index contributed by atoms with van der Waals surface area (Å²) in [5, 5.41) is 10.9. The van der Waals surface area contributed by atoms with E-state index in [4.69, 9.17) is 4.74 Å². The molecular formula is C17H24N4O. The molecule has 0 aliphatic carbocycles. The van der Waals surface area contributed by atoms with Crippen LogP contribution in [0.3, 0.4) is 0 Å². The van der Waals surface area contributed by atoms with Crippen molar-refractivity contribution in [3.8, 4) is 17.0 Å². The van der Waals surface area contributed by atoms with E-state index < -0.39 is 0 Å². The van der Waals surface area contributed by atoms with Crippen molar-refractivity contribution in [2.45, 2.75) is 25.4 Å². The van der Waals surface area contributed by atoms with Crippen LogP contribution in [-0.2, 0) is 6.54 Å². The van der Waals surface area contributed by atoms with Crippen molar-refractivity contribution in [2.75, 3.05) is 27.2 Å². The molecule has 1 fully saturated rings. The number of likely N-dealkylation sites (N-methyl/N-ethyl adjacent to an activating group) is 1. The van der Waals surface area contributed by atoms with Gasteiger partial charge in [0.2, 0.25) is 0 Å². The lowest BCUT2D eigenvalue weighted by Crippen LogP contribution is -2.35. The molecule has 2 N–H and O–H groups in total. The smallest absolute Gasteiger partial charge is 0.119 e. The summed E-state index contributed by atoms with van der Waals surface area (Å²) in [6, 6.07) is 8.71. The van der Waals surface area contributed by atoms with Gasteiger partial charge in [-0.25, -0.2) is 0 Å². The first-order valence-corrected chi connectivity index (χ1v) is 7.85. The van der Waals surface area contributed by atoms with Crippen LogP contribution in [0.2, 0.25) is 0 Å². The number of aromatic nitrogens is 2. The van der Waals surface area contributed by atoms with Gasteiger partial charge in [0.05, 0.1) is 19.0 Å². The molecule has 0 unspecified atom stereocenters. The molecule has 0 saturated carbocycles. The van der Waals surface area contributed by atoms with E-state index >= 15 is 0 Å². The van der Waals surface area contributed by atoms with E-state index in [1.807, 2.05) is 24.4 Å². The normalized spacial score (nSPS) is 18.7. The molecule has 1 aliphatic heterocycles. The van der Waals surface area contributed by atoms with Gasteiger partial charge in [-0.3, -0.25) is 5.10 Å². The average molecular weight is 300 g/mol. The SMILES string of the molecule is COc1cccc(-c2[nH]ncc2CNC[C@@H]2CCCN2C)c1. The Kier molecular flexibility index (Phi) is 4.75. The van der Waals surface area contributed by atoms with Gasteiger partial charge in [-0.2, -0.15) is 5.10 Å². The molecule has 22 heavy (non-hydrogen) atoms. The first-order valence-electron chi connectivity index (χ1n) is 7.85. The van der Waals surface area contributed by atoms with Crippen LogP contribution in [0.25, 0.3) is 11.3 Å². The maximum Gasteiger partial charge on any atom is 0.119 e. The molecule has 1 aromatic heterocycles. The maximum absolute atomic E-state index is 5.30. The molecule has 0 bridgehead atoms.